The molecule has 102 valence electrons. The Kier molecular flexibility index (Phi) is 5.75. The number of rotatable bonds is 7. The molecule has 0 bridgehead atoms. The van der Waals surface area contributed by atoms with Crippen LogP contribution >= 0.6 is 0 Å². The molecular formula is C14H18N2O3. The average Bonchev–Trinajstić information content (AvgIpc) is 2.40. The lowest BCUT2D eigenvalue weighted by atomic mass is 10.1. The molecule has 0 saturated carbocycles. The largest absolute Gasteiger partial charge is 0.368 e. The first-order valence-electron chi connectivity index (χ1n) is 5.88. The zero-order valence-electron chi connectivity index (χ0n) is 10.8. The molecule has 5 heteroatoms. The lowest BCUT2D eigenvalue weighted by molar-refractivity contribution is -0.134. The second-order valence-corrected chi connectivity index (χ2v) is 4.01. The van der Waals surface area contributed by atoms with Crippen molar-refractivity contribution in [2.45, 2.75) is 18.6 Å². The third-order valence-electron chi connectivity index (χ3n) is 2.64. The van der Waals surface area contributed by atoms with Gasteiger partial charge in [-0.2, -0.15) is 0 Å². The van der Waals surface area contributed by atoms with Gasteiger partial charge in [0.05, 0.1) is 0 Å². The van der Waals surface area contributed by atoms with E-state index in [2.05, 4.69) is 11.9 Å². The standard InChI is InChI=1S/C14H18N2O3/c1-3-7-11(13(15)17)16-14(18)12(19-2)10-8-5-4-6-9-10/h3-6,8-9,11-12H,1,7H2,2H3,(H2,15,17)(H,16,18)/t11-,12-/m0/s1. The molecular weight excluding hydrogens is 244 g/mol. The molecule has 1 aromatic rings. The first-order valence-corrected chi connectivity index (χ1v) is 5.88. The Labute approximate surface area is 112 Å². The van der Waals surface area contributed by atoms with Gasteiger partial charge in [0.2, 0.25) is 5.91 Å². The number of primary amides is 1. The summed E-state index contributed by atoms with van der Waals surface area (Å²) in [6, 6.07) is 8.25. The molecule has 3 N–H and O–H groups in total. The maximum Gasteiger partial charge on any atom is 0.254 e. The van der Waals surface area contributed by atoms with Crippen LogP contribution in [0.15, 0.2) is 43.0 Å². The minimum Gasteiger partial charge on any atom is -0.368 e. The van der Waals surface area contributed by atoms with Crippen molar-refractivity contribution in [2.24, 2.45) is 5.73 Å². The van der Waals surface area contributed by atoms with Crippen molar-refractivity contribution in [3.05, 3.63) is 48.6 Å². The Balaban J connectivity index is 2.79. The molecule has 2 amide bonds. The van der Waals surface area contributed by atoms with Crippen molar-refractivity contribution >= 4 is 11.8 Å². The highest BCUT2D eigenvalue weighted by Gasteiger charge is 2.24. The van der Waals surface area contributed by atoms with Crippen molar-refractivity contribution in [3.63, 3.8) is 0 Å². The topological polar surface area (TPSA) is 81.4 Å². The van der Waals surface area contributed by atoms with E-state index in [4.69, 9.17) is 10.5 Å². The smallest absolute Gasteiger partial charge is 0.254 e. The van der Waals surface area contributed by atoms with E-state index in [-0.39, 0.29) is 6.42 Å². The summed E-state index contributed by atoms with van der Waals surface area (Å²) >= 11 is 0. The maximum atomic E-state index is 12.1. The van der Waals surface area contributed by atoms with Gasteiger partial charge in [-0.15, -0.1) is 6.58 Å². The van der Waals surface area contributed by atoms with Gasteiger partial charge < -0.3 is 15.8 Å². The van der Waals surface area contributed by atoms with Gasteiger partial charge in [-0.3, -0.25) is 9.59 Å². The Bertz CT molecular complexity index is 445. The van der Waals surface area contributed by atoms with Crippen LogP contribution in [0.5, 0.6) is 0 Å². The molecule has 19 heavy (non-hydrogen) atoms. The van der Waals surface area contributed by atoms with Gasteiger partial charge in [0.15, 0.2) is 6.10 Å². The van der Waals surface area contributed by atoms with E-state index in [1.54, 1.807) is 12.1 Å². The van der Waals surface area contributed by atoms with E-state index in [1.807, 2.05) is 18.2 Å². The van der Waals surface area contributed by atoms with Gasteiger partial charge >= 0.3 is 0 Å². The number of ether oxygens (including phenoxy) is 1. The molecule has 0 aliphatic carbocycles. The Morgan fingerprint density at radius 2 is 2.05 bits per heavy atom. The van der Waals surface area contributed by atoms with E-state index >= 15 is 0 Å². The summed E-state index contributed by atoms with van der Waals surface area (Å²) in [6.45, 7) is 3.52. The average molecular weight is 262 g/mol. The predicted octanol–water partition coefficient (Wildman–Crippen LogP) is 0.920. The molecule has 0 unspecified atom stereocenters. The normalized spacial score (nSPS) is 13.3. The van der Waals surface area contributed by atoms with Gasteiger partial charge in [0.25, 0.3) is 5.91 Å². The molecule has 1 aromatic carbocycles. The Morgan fingerprint density at radius 3 is 2.53 bits per heavy atom. The van der Waals surface area contributed by atoms with Crippen molar-refractivity contribution in [1.29, 1.82) is 0 Å². The molecule has 0 aliphatic heterocycles. The summed E-state index contributed by atoms with van der Waals surface area (Å²) in [4.78, 5) is 23.3. The summed E-state index contributed by atoms with van der Waals surface area (Å²) in [5, 5.41) is 2.56. The number of methoxy groups -OCH3 is 1. The van der Waals surface area contributed by atoms with Gasteiger partial charge in [0, 0.05) is 7.11 Å². The minimum absolute atomic E-state index is 0.284. The van der Waals surface area contributed by atoms with E-state index in [1.165, 1.54) is 13.2 Å². The third kappa shape index (κ3) is 4.22. The number of hydrogen-bond acceptors (Lipinski definition) is 3. The number of carbonyl (C=O) groups is 2. The maximum absolute atomic E-state index is 12.1. The van der Waals surface area contributed by atoms with Crippen LogP contribution in [0.4, 0.5) is 0 Å². The van der Waals surface area contributed by atoms with Gasteiger partial charge in [-0.1, -0.05) is 36.4 Å². The van der Waals surface area contributed by atoms with Gasteiger partial charge in [-0.05, 0) is 12.0 Å². The van der Waals surface area contributed by atoms with Crippen molar-refractivity contribution in [2.75, 3.05) is 7.11 Å². The molecule has 2 atom stereocenters. The molecule has 0 fully saturated rings. The van der Waals surface area contributed by atoms with Crippen molar-refractivity contribution in [3.8, 4) is 0 Å². The molecule has 0 spiro atoms. The summed E-state index contributed by atoms with van der Waals surface area (Å²) in [5.41, 5.74) is 5.92. The van der Waals surface area contributed by atoms with Gasteiger partial charge in [-0.25, -0.2) is 0 Å². The van der Waals surface area contributed by atoms with Crippen LogP contribution in [0.1, 0.15) is 18.1 Å². The zero-order chi connectivity index (χ0) is 14.3. The second-order valence-electron chi connectivity index (χ2n) is 4.01. The predicted molar refractivity (Wildman–Crippen MR) is 72.1 cm³/mol. The zero-order valence-corrected chi connectivity index (χ0v) is 10.8. The lowest BCUT2D eigenvalue weighted by Crippen LogP contribution is -2.46. The lowest BCUT2D eigenvalue weighted by Gasteiger charge is -2.19. The monoisotopic (exact) mass is 262 g/mol. The number of amides is 2. The van der Waals surface area contributed by atoms with E-state index < -0.39 is 24.0 Å². The van der Waals surface area contributed by atoms with Crippen LogP contribution in [-0.4, -0.2) is 25.0 Å². The van der Waals surface area contributed by atoms with E-state index in [0.29, 0.717) is 5.56 Å². The molecule has 0 saturated heterocycles. The molecule has 0 radical (unpaired) electrons. The number of hydrogen-bond donors (Lipinski definition) is 2. The quantitative estimate of drug-likeness (QED) is 0.717. The Morgan fingerprint density at radius 1 is 1.42 bits per heavy atom. The van der Waals surface area contributed by atoms with Crippen LogP contribution in [0.3, 0.4) is 0 Å². The highest BCUT2D eigenvalue weighted by molar-refractivity contribution is 5.89. The fourth-order valence-electron chi connectivity index (χ4n) is 1.68. The SMILES string of the molecule is C=CC[C@H](NC(=O)[C@@H](OC)c1ccccc1)C(N)=O. The Hall–Kier alpha value is -2.14. The number of nitrogens with two attached hydrogens (primary N) is 1. The second kappa shape index (κ2) is 7.33. The first kappa shape index (κ1) is 14.9. The third-order valence-corrected chi connectivity index (χ3v) is 2.64. The molecule has 1 rings (SSSR count). The first-order chi connectivity index (χ1) is 9.10. The summed E-state index contributed by atoms with van der Waals surface area (Å²) in [5.74, 6) is -1.00. The van der Waals surface area contributed by atoms with Crippen LogP contribution < -0.4 is 11.1 Å². The van der Waals surface area contributed by atoms with Crippen molar-refractivity contribution in [1.82, 2.24) is 5.32 Å². The van der Waals surface area contributed by atoms with Crippen molar-refractivity contribution < 1.29 is 14.3 Å². The van der Waals surface area contributed by atoms with E-state index in [0.717, 1.165) is 0 Å². The highest BCUT2D eigenvalue weighted by Crippen LogP contribution is 2.16. The summed E-state index contributed by atoms with van der Waals surface area (Å²) < 4.78 is 5.17. The van der Waals surface area contributed by atoms with Crippen LogP contribution in [0, 0.1) is 0 Å². The fraction of sp³-hybridized carbons (Fsp3) is 0.286. The molecule has 0 aliphatic rings. The van der Waals surface area contributed by atoms with Crippen LogP contribution in [-0.2, 0) is 14.3 Å². The molecule has 0 heterocycles. The van der Waals surface area contributed by atoms with Crippen LogP contribution in [0.2, 0.25) is 0 Å². The molecule has 5 nitrogen and oxygen atoms in total. The number of carbonyl (C=O) groups excluding carboxylic acids is 2. The highest BCUT2D eigenvalue weighted by atomic mass is 16.5. The minimum atomic E-state index is -0.772. The number of benzene rings is 1. The van der Waals surface area contributed by atoms with Gasteiger partial charge in [0.1, 0.15) is 6.04 Å². The van der Waals surface area contributed by atoms with E-state index in [9.17, 15) is 9.59 Å². The number of nitrogens with one attached hydrogen (secondary N) is 1. The van der Waals surface area contributed by atoms with Crippen LogP contribution in [0.25, 0.3) is 0 Å². The molecule has 0 aromatic heterocycles. The summed E-state index contributed by atoms with van der Waals surface area (Å²) in [6.07, 6.45) is 1.04. The summed E-state index contributed by atoms with van der Waals surface area (Å²) in [7, 11) is 1.43. The fourth-order valence-corrected chi connectivity index (χ4v) is 1.68.